The van der Waals surface area contributed by atoms with Crippen molar-refractivity contribution in [1.29, 1.82) is 0 Å². The van der Waals surface area contributed by atoms with Crippen LogP contribution in [-0.4, -0.2) is 28.4 Å². The molecule has 1 aromatic carbocycles. The molecule has 0 radical (unpaired) electrons. The van der Waals surface area contributed by atoms with E-state index in [1.54, 1.807) is 0 Å². The van der Waals surface area contributed by atoms with E-state index in [0.29, 0.717) is 13.0 Å². The van der Waals surface area contributed by atoms with E-state index in [-0.39, 0.29) is 12.0 Å². The highest BCUT2D eigenvalue weighted by molar-refractivity contribution is 5.76. The van der Waals surface area contributed by atoms with Crippen LogP contribution in [0.4, 0.5) is 0 Å². The Hall–Kier alpha value is -2.14. The molecular formula is C19H25N3O2. The van der Waals surface area contributed by atoms with Crippen molar-refractivity contribution < 1.29 is 9.53 Å². The lowest BCUT2D eigenvalue weighted by Crippen LogP contribution is -2.24. The van der Waals surface area contributed by atoms with Crippen molar-refractivity contribution >= 4 is 5.91 Å². The number of rotatable bonds is 6. The Bertz CT molecular complexity index is 702. The van der Waals surface area contributed by atoms with Gasteiger partial charge in [-0.2, -0.15) is 5.10 Å². The fourth-order valence-electron chi connectivity index (χ4n) is 3.19. The van der Waals surface area contributed by atoms with Crippen LogP contribution in [0.15, 0.2) is 30.3 Å². The molecule has 0 spiro atoms. The summed E-state index contributed by atoms with van der Waals surface area (Å²) < 4.78 is 7.50. The Morgan fingerprint density at radius 1 is 1.38 bits per heavy atom. The maximum atomic E-state index is 12.1. The molecule has 128 valence electrons. The number of hydrogen-bond donors (Lipinski definition) is 1. The second kappa shape index (κ2) is 7.62. The first-order valence-corrected chi connectivity index (χ1v) is 8.63. The van der Waals surface area contributed by atoms with Crippen molar-refractivity contribution in [3.8, 4) is 5.69 Å². The summed E-state index contributed by atoms with van der Waals surface area (Å²) in [6, 6.07) is 10.1. The lowest BCUT2D eigenvalue weighted by atomic mass is 10.1. The Labute approximate surface area is 143 Å². The smallest absolute Gasteiger partial charge is 0.220 e. The van der Waals surface area contributed by atoms with Crippen molar-refractivity contribution in [2.45, 2.75) is 52.2 Å². The van der Waals surface area contributed by atoms with Crippen LogP contribution in [0.3, 0.4) is 0 Å². The highest BCUT2D eigenvalue weighted by atomic mass is 16.5. The zero-order valence-corrected chi connectivity index (χ0v) is 14.4. The van der Waals surface area contributed by atoms with Gasteiger partial charge in [0.25, 0.3) is 0 Å². The average Bonchev–Trinajstić information content (AvgIpc) is 3.20. The molecule has 5 heteroatoms. The number of carbonyl (C=O) groups is 1. The van der Waals surface area contributed by atoms with Crippen molar-refractivity contribution in [3.63, 3.8) is 0 Å². The third kappa shape index (κ3) is 4.03. The summed E-state index contributed by atoms with van der Waals surface area (Å²) in [7, 11) is 0. The van der Waals surface area contributed by atoms with Gasteiger partial charge in [0.15, 0.2) is 0 Å². The second-order valence-electron chi connectivity index (χ2n) is 6.42. The van der Waals surface area contributed by atoms with Gasteiger partial charge in [0, 0.05) is 25.3 Å². The van der Waals surface area contributed by atoms with Crippen LogP contribution < -0.4 is 5.32 Å². The van der Waals surface area contributed by atoms with Crippen LogP contribution in [0, 0.1) is 13.8 Å². The SMILES string of the molecule is Cc1cc(C)n(-c2ccccc2CNC(=O)CC[C@@H]2CCCO2)n1. The predicted molar refractivity (Wildman–Crippen MR) is 93.1 cm³/mol. The predicted octanol–water partition coefficient (Wildman–Crippen LogP) is 3.06. The zero-order chi connectivity index (χ0) is 16.9. The molecule has 1 aromatic heterocycles. The summed E-state index contributed by atoms with van der Waals surface area (Å²) in [5, 5.41) is 7.57. The van der Waals surface area contributed by atoms with Gasteiger partial charge in [-0.3, -0.25) is 4.79 Å². The molecule has 0 aliphatic carbocycles. The highest BCUT2D eigenvalue weighted by Gasteiger charge is 2.17. The number of amides is 1. The number of ether oxygens (including phenoxy) is 1. The van der Waals surface area contributed by atoms with Crippen molar-refractivity contribution in [3.05, 3.63) is 47.3 Å². The van der Waals surface area contributed by atoms with E-state index in [1.807, 2.05) is 42.8 Å². The van der Waals surface area contributed by atoms with E-state index in [4.69, 9.17) is 4.74 Å². The summed E-state index contributed by atoms with van der Waals surface area (Å²) in [4.78, 5) is 12.1. The molecule has 24 heavy (non-hydrogen) atoms. The van der Waals surface area contributed by atoms with Gasteiger partial charge in [-0.15, -0.1) is 0 Å². The van der Waals surface area contributed by atoms with Gasteiger partial charge in [0.2, 0.25) is 5.91 Å². The van der Waals surface area contributed by atoms with Gasteiger partial charge in [-0.1, -0.05) is 18.2 Å². The molecule has 1 aliphatic heterocycles. The molecule has 1 atom stereocenters. The Balaban J connectivity index is 1.61. The highest BCUT2D eigenvalue weighted by Crippen LogP contribution is 2.18. The van der Waals surface area contributed by atoms with E-state index < -0.39 is 0 Å². The summed E-state index contributed by atoms with van der Waals surface area (Å²) in [5.74, 6) is 0.0775. The number of hydrogen-bond acceptors (Lipinski definition) is 3. The molecule has 1 aliphatic rings. The number of para-hydroxylation sites is 1. The van der Waals surface area contributed by atoms with Crippen molar-refractivity contribution in [2.75, 3.05) is 6.61 Å². The van der Waals surface area contributed by atoms with Gasteiger partial charge >= 0.3 is 0 Å². The van der Waals surface area contributed by atoms with Crippen LogP contribution in [0.5, 0.6) is 0 Å². The third-order valence-corrected chi connectivity index (χ3v) is 4.42. The fraction of sp³-hybridized carbons (Fsp3) is 0.474. The minimum absolute atomic E-state index is 0.0775. The Morgan fingerprint density at radius 3 is 2.92 bits per heavy atom. The normalized spacial score (nSPS) is 17.2. The second-order valence-corrected chi connectivity index (χ2v) is 6.42. The van der Waals surface area contributed by atoms with Gasteiger partial charge in [-0.05, 0) is 50.8 Å². The molecule has 3 rings (SSSR count). The molecule has 1 fully saturated rings. The fourth-order valence-corrected chi connectivity index (χ4v) is 3.19. The van der Waals surface area contributed by atoms with E-state index in [0.717, 1.165) is 48.5 Å². The largest absolute Gasteiger partial charge is 0.378 e. The van der Waals surface area contributed by atoms with Crippen LogP contribution in [0.2, 0.25) is 0 Å². The molecule has 2 aromatic rings. The molecule has 5 nitrogen and oxygen atoms in total. The number of aromatic nitrogens is 2. The quantitative estimate of drug-likeness (QED) is 0.887. The van der Waals surface area contributed by atoms with E-state index in [9.17, 15) is 4.79 Å². The van der Waals surface area contributed by atoms with Crippen molar-refractivity contribution in [2.24, 2.45) is 0 Å². The first-order chi connectivity index (χ1) is 11.6. The van der Waals surface area contributed by atoms with Gasteiger partial charge in [0.1, 0.15) is 0 Å². The number of benzene rings is 1. The summed E-state index contributed by atoms with van der Waals surface area (Å²) in [6.07, 6.45) is 3.78. The minimum Gasteiger partial charge on any atom is -0.378 e. The van der Waals surface area contributed by atoms with E-state index in [2.05, 4.69) is 16.5 Å². The van der Waals surface area contributed by atoms with Gasteiger partial charge in [0.05, 0.1) is 17.5 Å². The van der Waals surface area contributed by atoms with E-state index >= 15 is 0 Å². The Kier molecular flexibility index (Phi) is 5.30. The standard InChI is InChI=1S/C19H25N3O2/c1-14-12-15(2)22(21-14)18-8-4-3-6-16(18)13-20-19(23)10-9-17-7-5-11-24-17/h3-4,6,8,12,17H,5,7,9-11,13H2,1-2H3,(H,20,23)/t17-/m0/s1. The average molecular weight is 327 g/mol. The van der Waals surface area contributed by atoms with Gasteiger partial charge < -0.3 is 10.1 Å². The van der Waals surface area contributed by atoms with Crippen LogP contribution >= 0.6 is 0 Å². The lowest BCUT2D eigenvalue weighted by Gasteiger charge is -2.13. The number of carbonyl (C=O) groups excluding carboxylic acids is 1. The van der Waals surface area contributed by atoms with Gasteiger partial charge in [-0.25, -0.2) is 4.68 Å². The Morgan fingerprint density at radius 2 is 2.21 bits per heavy atom. The molecule has 1 N–H and O–H groups in total. The minimum atomic E-state index is 0.0775. The molecule has 0 saturated carbocycles. The lowest BCUT2D eigenvalue weighted by molar-refractivity contribution is -0.121. The van der Waals surface area contributed by atoms with Crippen LogP contribution in [-0.2, 0) is 16.1 Å². The van der Waals surface area contributed by atoms with E-state index in [1.165, 1.54) is 0 Å². The zero-order valence-electron chi connectivity index (χ0n) is 14.4. The number of aryl methyl sites for hydroxylation is 2. The third-order valence-electron chi connectivity index (χ3n) is 4.42. The van der Waals surface area contributed by atoms with Crippen LogP contribution in [0.1, 0.15) is 42.6 Å². The molecular weight excluding hydrogens is 302 g/mol. The molecule has 1 amide bonds. The molecule has 0 unspecified atom stereocenters. The topological polar surface area (TPSA) is 56.2 Å². The number of nitrogens with one attached hydrogen (secondary N) is 1. The maximum absolute atomic E-state index is 12.1. The molecule has 1 saturated heterocycles. The first kappa shape index (κ1) is 16.7. The van der Waals surface area contributed by atoms with Crippen molar-refractivity contribution in [1.82, 2.24) is 15.1 Å². The monoisotopic (exact) mass is 327 g/mol. The number of nitrogens with zero attached hydrogens (tertiary/aromatic N) is 2. The summed E-state index contributed by atoms with van der Waals surface area (Å²) >= 11 is 0. The summed E-state index contributed by atoms with van der Waals surface area (Å²) in [6.45, 7) is 5.37. The molecule has 2 heterocycles. The van der Waals surface area contributed by atoms with Crippen LogP contribution in [0.25, 0.3) is 5.69 Å². The summed E-state index contributed by atoms with van der Waals surface area (Å²) in [5.41, 5.74) is 4.16. The maximum Gasteiger partial charge on any atom is 0.220 e. The molecule has 0 bridgehead atoms. The first-order valence-electron chi connectivity index (χ1n) is 8.63.